The number of benzene rings is 1. The first-order valence-corrected chi connectivity index (χ1v) is 12.8. The minimum absolute atomic E-state index is 0.0415. The molecule has 0 N–H and O–H groups in total. The van der Waals surface area contributed by atoms with E-state index in [0.717, 1.165) is 38.9 Å². The Morgan fingerprint density at radius 3 is 2.29 bits per heavy atom. The van der Waals surface area contributed by atoms with Crippen LogP contribution in [0.2, 0.25) is 0 Å². The summed E-state index contributed by atoms with van der Waals surface area (Å²) in [6.45, 7) is 9.73. The van der Waals surface area contributed by atoms with E-state index in [0.29, 0.717) is 31.3 Å². The van der Waals surface area contributed by atoms with Gasteiger partial charge >= 0.3 is 6.03 Å². The van der Waals surface area contributed by atoms with Crippen LogP contribution in [0.25, 0.3) is 0 Å². The zero-order valence-electron chi connectivity index (χ0n) is 20.7. The largest absolute Gasteiger partial charge is 0.327 e. The molecule has 3 amide bonds. The van der Waals surface area contributed by atoms with Crippen LogP contribution in [-0.4, -0.2) is 73.7 Å². The Bertz CT molecular complexity index is 1000. The molecule has 3 aliphatic rings. The highest BCUT2D eigenvalue weighted by atomic mass is 16.2. The number of piperidine rings is 1. The summed E-state index contributed by atoms with van der Waals surface area (Å²) < 4.78 is 1.98. The third-order valence-electron chi connectivity index (χ3n) is 8.10. The second kappa shape index (κ2) is 9.17. The van der Waals surface area contributed by atoms with Crippen molar-refractivity contribution in [2.75, 3.05) is 19.6 Å². The number of aromatic nitrogens is 2. The monoisotopic (exact) mass is 463 g/mol. The van der Waals surface area contributed by atoms with Crippen molar-refractivity contribution >= 4 is 11.9 Å². The molecule has 1 aromatic carbocycles. The number of nitrogens with zero attached hydrogens (tertiary/aromatic N) is 5. The van der Waals surface area contributed by atoms with Gasteiger partial charge in [0.2, 0.25) is 0 Å². The number of carbonyl (C=O) groups is 2. The Morgan fingerprint density at radius 2 is 1.71 bits per heavy atom. The van der Waals surface area contributed by atoms with Gasteiger partial charge in [-0.2, -0.15) is 5.10 Å². The average molecular weight is 464 g/mol. The molecule has 1 aliphatic carbocycles. The van der Waals surface area contributed by atoms with Crippen molar-refractivity contribution in [3.63, 3.8) is 0 Å². The Labute approximate surface area is 202 Å². The number of rotatable bonds is 7. The summed E-state index contributed by atoms with van der Waals surface area (Å²) in [6.07, 6.45) is 7.81. The third-order valence-corrected chi connectivity index (χ3v) is 8.10. The minimum atomic E-state index is -0.686. The molecule has 2 fully saturated rings. The van der Waals surface area contributed by atoms with E-state index < -0.39 is 5.54 Å². The highest BCUT2D eigenvalue weighted by Crippen LogP contribution is 2.41. The van der Waals surface area contributed by atoms with E-state index in [4.69, 9.17) is 0 Å². The van der Waals surface area contributed by atoms with Crippen LogP contribution in [0.1, 0.15) is 51.2 Å². The predicted octanol–water partition coefficient (Wildman–Crippen LogP) is 3.58. The fourth-order valence-electron chi connectivity index (χ4n) is 6.15. The molecule has 0 radical (unpaired) electrons. The summed E-state index contributed by atoms with van der Waals surface area (Å²) in [5, 5.41) is 4.31. The molecular weight excluding hydrogens is 426 g/mol. The normalized spacial score (nSPS) is 21.8. The quantitative estimate of drug-likeness (QED) is 0.589. The first kappa shape index (κ1) is 23.1. The second-order valence-electron chi connectivity index (χ2n) is 10.8. The lowest BCUT2D eigenvalue weighted by Gasteiger charge is -2.44. The summed E-state index contributed by atoms with van der Waals surface area (Å²) in [5.41, 5.74) is 1.85. The highest BCUT2D eigenvalue weighted by molar-refractivity contribution is 6.07. The lowest BCUT2D eigenvalue weighted by atomic mass is 9.84. The lowest BCUT2D eigenvalue weighted by Crippen LogP contribution is -2.58. The van der Waals surface area contributed by atoms with Crippen LogP contribution >= 0.6 is 0 Å². The van der Waals surface area contributed by atoms with Gasteiger partial charge in [0.05, 0.1) is 0 Å². The zero-order valence-corrected chi connectivity index (χ0v) is 20.7. The topological polar surface area (TPSA) is 61.7 Å². The molecule has 7 nitrogen and oxygen atoms in total. The average Bonchev–Trinajstić information content (AvgIpc) is 3.54. The van der Waals surface area contributed by atoms with E-state index in [-0.39, 0.29) is 18.0 Å². The molecule has 5 rings (SSSR count). The third kappa shape index (κ3) is 4.04. The van der Waals surface area contributed by atoms with Gasteiger partial charge in [-0.25, -0.2) is 4.79 Å². The van der Waals surface area contributed by atoms with Crippen LogP contribution in [-0.2, 0) is 24.2 Å². The van der Waals surface area contributed by atoms with Gasteiger partial charge in [0.25, 0.3) is 5.91 Å². The van der Waals surface area contributed by atoms with E-state index >= 15 is 0 Å². The molecule has 0 unspecified atom stereocenters. The van der Waals surface area contributed by atoms with Gasteiger partial charge in [-0.05, 0) is 62.1 Å². The Balaban J connectivity index is 1.30. The molecule has 1 spiro atoms. The number of amides is 3. The van der Waals surface area contributed by atoms with Crippen molar-refractivity contribution in [3.05, 3.63) is 53.9 Å². The molecule has 182 valence electrons. The van der Waals surface area contributed by atoms with Crippen molar-refractivity contribution in [2.24, 2.45) is 5.92 Å². The fraction of sp³-hybridized carbons (Fsp3) is 0.593. The summed E-state index contributed by atoms with van der Waals surface area (Å²) in [5.74, 6) is 0.361. The number of fused-ring (bicyclic) bond motifs is 1. The maximum absolute atomic E-state index is 14.0. The van der Waals surface area contributed by atoms with Gasteiger partial charge in [0, 0.05) is 50.7 Å². The van der Waals surface area contributed by atoms with Gasteiger partial charge in [-0.1, -0.05) is 38.1 Å². The number of likely N-dealkylation sites (tertiary alicyclic amines) is 1. The van der Waals surface area contributed by atoms with E-state index in [1.54, 1.807) is 4.90 Å². The molecule has 0 saturated carbocycles. The Hall–Kier alpha value is -2.67. The summed E-state index contributed by atoms with van der Waals surface area (Å²) in [7, 11) is 0. The van der Waals surface area contributed by atoms with Crippen LogP contribution in [0.3, 0.4) is 0 Å². The number of carbonyl (C=O) groups excluding carboxylic acids is 2. The predicted molar refractivity (Wildman–Crippen MR) is 131 cm³/mol. The Kier molecular flexibility index (Phi) is 6.23. The number of hydrogen-bond acceptors (Lipinski definition) is 4. The second-order valence-corrected chi connectivity index (χ2v) is 10.8. The molecular formula is C27H37N5O2. The van der Waals surface area contributed by atoms with E-state index in [1.165, 1.54) is 11.1 Å². The molecule has 2 aromatic rings. The van der Waals surface area contributed by atoms with Crippen LogP contribution in [0.5, 0.6) is 0 Å². The smallest absolute Gasteiger partial charge is 0.309 e. The number of urea groups is 1. The van der Waals surface area contributed by atoms with Crippen LogP contribution in [0.4, 0.5) is 4.79 Å². The van der Waals surface area contributed by atoms with Crippen molar-refractivity contribution < 1.29 is 9.59 Å². The maximum atomic E-state index is 14.0. The van der Waals surface area contributed by atoms with Gasteiger partial charge in [-0.15, -0.1) is 0 Å². The number of imide groups is 1. The first-order valence-electron chi connectivity index (χ1n) is 12.8. The van der Waals surface area contributed by atoms with Gasteiger partial charge in [-0.3, -0.25) is 14.4 Å². The first-order chi connectivity index (χ1) is 16.4. The van der Waals surface area contributed by atoms with Gasteiger partial charge in [0.1, 0.15) is 5.54 Å². The molecule has 2 aliphatic heterocycles. The van der Waals surface area contributed by atoms with Crippen molar-refractivity contribution in [2.45, 2.75) is 77.0 Å². The SMILES string of the molecule is CC(C)CN1C(=O)N(C2Cc3ccccc3C2)C(=O)C12CCN([C@H](C)CCn1cccn1)CC2. The van der Waals surface area contributed by atoms with Crippen molar-refractivity contribution in [3.8, 4) is 0 Å². The summed E-state index contributed by atoms with van der Waals surface area (Å²) >= 11 is 0. The molecule has 3 heterocycles. The molecule has 1 atom stereocenters. The van der Waals surface area contributed by atoms with Crippen LogP contribution in [0, 0.1) is 5.92 Å². The van der Waals surface area contributed by atoms with Gasteiger partial charge < -0.3 is 9.80 Å². The van der Waals surface area contributed by atoms with Crippen molar-refractivity contribution in [1.29, 1.82) is 0 Å². The molecule has 1 aromatic heterocycles. The molecule has 34 heavy (non-hydrogen) atoms. The van der Waals surface area contributed by atoms with E-state index in [1.807, 2.05) is 40.2 Å². The lowest BCUT2D eigenvalue weighted by molar-refractivity contribution is -0.137. The minimum Gasteiger partial charge on any atom is -0.309 e. The Morgan fingerprint density at radius 1 is 1.03 bits per heavy atom. The van der Waals surface area contributed by atoms with Crippen molar-refractivity contribution in [1.82, 2.24) is 24.5 Å². The maximum Gasteiger partial charge on any atom is 0.327 e. The highest BCUT2D eigenvalue weighted by Gasteiger charge is 2.59. The molecule has 7 heteroatoms. The number of hydrogen-bond donors (Lipinski definition) is 0. The number of aryl methyl sites for hydroxylation is 1. The van der Waals surface area contributed by atoms with E-state index in [9.17, 15) is 9.59 Å². The summed E-state index contributed by atoms with van der Waals surface area (Å²) in [4.78, 5) is 33.8. The van der Waals surface area contributed by atoms with Gasteiger partial charge in [0.15, 0.2) is 0 Å². The fourth-order valence-corrected chi connectivity index (χ4v) is 6.15. The van der Waals surface area contributed by atoms with E-state index in [2.05, 4.69) is 42.9 Å². The van der Waals surface area contributed by atoms with Crippen LogP contribution < -0.4 is 0 Å². The summed E-state index contributed by atoms with van der Waals surface area (Å²) in [6, 6.07) is 10.6. The van der Waals surface area contributed by atoms with Crippen LogP contribution in [0.15, 0.2) is 42.7 Å². The standard InChI is InChI=1S/C27H37N5O2/c1-20(2)19-31-26(34)32(24-17-22-7-4-5-8-23(22)18-24)25(33)27(31)10-15-29(16-11-27)21(3)9-14-30-13-6-12-28-30/h4-8,12-13,20-21,24H,9-11,14-19H2,1-3H3/t21-/m1/s1. The molecule has 2 saturated heterocycles. The molecule has 0 bridgehead atoms. The zero-order chi connectivity index (χ0) is 23.9.